The maximum atomic E-state index is 11.7. The number of hydrogen-bond donors (Lipinski definition) is 0. The maximum absolute atomic E-state index is 11.7. The molecular weight excluding hydrogens is 288 g/mol. The van der Waals surface area contributed by atoms with Gasteiger partial charge in [-0.15, -0.1) is 0 Å². The van der Waals surface area contributed by atoms with E-state index in [-0.39, 0.29) is 11.8 Å². The highest BCUT2D eigenvalue weighted by molar-refractivity contribution is 5.91. The molecule has 1 rings (SSSR count). The van der Waals surface area contributed by atoms with Gasteiger partial charge in [-0.1, -0.05) is 28.9 Å². The van der Waals surface area contributed by atoms with Crippen molar-refractivity contribution < 1.29 is 14.3 Å². The van der Waals surface area contributed by atoms with Gasteiger partial charge in [-0.3, -0.25) is 4.79 Å². The van der Waals surface area contributed by atoms with Gasteiger partial charge in [-0.2, -0.15) is 0 Å². The number of hydrogen-bond acceptors (Lipinski definition) is 3. The molecule has 0 atom stereocenters. The van der Waals surface area contributed by atoms with Crippen molar-refractivity contribution in [2.75, 3.05) is 6.61 Å². The highest BCUT2D eigenvalue weighted by Gasteiger charge is 2.11. The van der Waals surface area contributed by atoms with Gasteiger partial charge in [0.05, 0.1) is 0 Å². The highest BCUT2D eigenvalue weighted by Crippen LogP contribution is 2.15. The molecule has 0 aromatic heterocycles. The quantitative estimate of drug-likeness (QED) is 0.347. The standard InChI is InChI=1S/C20H28O3/c1-15(2)11-19(21)12-17(4)9-5-7-16(3)8-6-10-18-13-20(22)23-14-18/h8-9,11,13H,5-7,10,12,14H2,1-4H3/b16-8+,17-9+. The Morgan fingerprint density at radius 2 is 1.83 bits per heavy atom. The molecule has 1 aliphatic heterocycles. The lowest BCUT2D eigenvalue weighted by Crippen LogP contribution is -1.94. The van der Waals surface area contributed by atoms with E-state index in [0.717, 1.165) is 42.4 Å². The summed E-state index contributed by atoms with van der Waals surface area (Å²) < 4.78 is 4.88. The van der Waals surface area contributed by atoms with Crippen molar-refractivity contribution >= 4 is 11.8 Å². The molecule has 0 unspecified atom stereocenters. The molecule has 0 aromatic carbocycles. The summed E-state index contributed by atoms with van der Waals surface area (Å²) in [5.41, 5.74) is 4.60. The SMILES string of the molecule is CC(C)=CC(=O)C/C(C)=C/CC/C(C)=C/CCC1=CC(=O)OC1. The first-order chi connectivity index (χ1) is 10.9. The van der Waals surface area contributed by atoms with Gasteiger partial charge in [0.1, 0.15) is 6.61 Å². The molecule has 0 saturated heterocycles. The van der Waals surface area contributed by atoms with E-state index in [0.29, 0.717) is 13.0 Å². The predicted octanol–water partition coefficient (Wildman–Crippen LogP) is 4.85. The zero-order valence-corrected chi connectivity index (χ0v) is 14.8. The molecular formula is C20H28O3. The summed E-state index contributed by atoms with van der Waals surface area (Å²) >= 11 is 0. The van der Waals surface area contributed by atoms with Crippen LogP contribution in [-0.4, -0.2) is 18.4 Å². The fourth-order valence-corrected chi connectivity index (χ4v) is 2.43. The van der Waals surface area contributed by atoms with Crippen molar-refractivity contribution in [1.82, 2.24) is 0 Å². The minimum atomic E-state index is -0.219. The van der Waals surface area contributed by atoms with Crippen molar-refractivity contribution in [3.8, 4) is 0 Å². The number of esters is 1. The van der Waals surface area contributed by atoms with Crippen LogP contribution < -0.4 is 0 Å². The Labute approximate surface area is 139 Å². The van der Waals surface area contributed by atoms with Gasteiger partial charge in [0.15, 0.2) is 5.78 Å². The molecule has 3 heteroatoms. The van der Waals surface area contributed by atoms with Crippen LogP contribution in [0.3, 0.4) is 0 Å². The Kier molecular flexibility index (Phi) is 8.31. The molecule has 0 bridgehead atoms. The summed E-state index contributed by atoms with van der Waals surface area (Å²) in [6.45, 7) is 8.47. The van der Waals surface area contributed by atoms with E-state index in [1.165, 1.54) is 5.57 Å². The topological polar surface area (TPSA) is 43.4 Å². The van der Waals surface area contributed by atoms with E-state index in [1.807, 2.05) is 20.8 Å². The number of ketones is 1. The molecule has 0 fully saturated rings. The molecule has 126 valence electrons. The first-order valence-corrected chi connectivity index (χ1v) is 8.22. The first kappa shape index (κ1) is 19.1. The van der Waals surface area contributed by atoms with Crippen LogP contribution in [0, 0.1) is 0 Å². The van der Waals surface area contributed by atoms with Crippen LogP contribution >= 0.6 is 0 Å². The Morgan fingerprint density at radius 3 is 2.43 bits per heavy atom. The van der Waals surface area contributed by atoms with Crippen molar-refractivity contribution in [2.24, 2.45) is 0 Å². The van der Waals surface area contributed by atoms with E-state index in [4.69, 9.17) is 4.74 Å². The summed E-state index contributed by atoms with van der Waals surface area (Å²) in [5.74, 6) is -0.0448. The van der Waals surface area contributed by atoms with Gasteiger partial charge in [-0.05, 0) is 65.0 Å². The number of carbonyl (C=O) groups is 2. The van der Waals surface area contributed by atoms with Crippen LogP contribution in [0.1, 0.15) is 59.8 Å². The van der Waals surface area contributed by atoms with Crippen LogP contribution in [0.4, 0.5) is 0 Å². The van der Waals surface area contributed by atoms with Gasteiger partial charge >= 0.3 is 5.97 Å². The van der Waals surface area contributed by atoms with Crippen molar-refractivity contribution in [3.05, 3.63) is 46.6 Å². The van der Waals surface area contributed by atoms with Gasteiger partial charge in [0.2, 0.25) is 0 Å². The summed E-state index contributed by atoms with van der Waals surface area (Å²) in [5, 5.41) is 0. The summed E-state index contributed by atoms with van der Waals surface area (Å²) in [6.07, 6.45) is 12.0. The average Bonchev–Trinajstić information content (AvgIpc) is 2.83. The van der Waals surface area contributed by atoms with Crippen molar-refractivity contribution in [2.45, 2.75) is 59.8 Å². The molecule has 1 heterocycles. The number of ether oxygens (including phenoxy) is 1. The fourth-order valence-electron chi connectivity index (χ4n) is 2.43. The molecule has 0 amide bonds. The average molecular weight is 316 g/mol. The second-order valence-corrected chi connectivity index (χ2v) is 6.45. The van der Waals surface area contributed by atoms with Crippen LogP contribution in [0.5, 0.6) is 0 Å². The zero-order valence-electron chi connectivity index (χ0n) is 14.8. The largest absolute Gasteiger partial charge is 0.458 e. The second-order valence-electron chi connectivity index (χ2n) is 6.45. The molecule has 1 aliphatic rings. The number of rotatable bonds is 9. The molecule has 0 radical (unpaired) electrons. The normalized spacial score (nSPS) is 15.3. The van der Waals surface area contributed by atoms with Crippen LogP contribution in [0.2, 0.25) is 0 Å². The second kappa shape index (κ2) is 9.98. The summed E-state index contributed by atoms with van der Waals surface area (Å²) in [4.78, 5) is 22.6. The van der Waals surface area contributed by atoms with E-state index in [2.05, 4.69) is 19.1 Å². The number of allylic oxidation sites excluding steroid dienone is 6. The predicted molar refractivity (Wildman–Crippen MR) is 94.1 cm³/mol. The monoisotopic (exact) mass is 316 g/mol. The maximum Gasteiger partial charge on any atom is 0.331 e. The van der Waals surface area contributed by atoms with E-state index >= 15 is 0 Å². The van der Waals surface area contributed by atoms with Crippen molar-refractivity contribution in [1.29, 1.82) is 0 Å². The smallest absolute Gasteiger partial charge is 0.331 e. The number of carbonyl (C=O) groups excluding carboxylic acids is 2. The van der Waals surface area contributed by atoms with Gasteiger partial charge in [-0.25, -0.2) is 4.79 Å². The molecule has 0 aliphatic carbocycles. The van der Waals surface area contributed by atoms with E-state index < -0.39 is 0 Å². The van der Waals surface area contributed by atoms with E-state index in [1.54, 1.807) is 12.2 Å². The lowest BCUT2D eigenvalue weighted by molar-refractivity contribution is -0.135. The zero-order chi connectivity index (χ0) is 17.2. The van der Waals surface area contributed by atoms with Gasteiger partial charge < -0.3 is 4.74 Å². The van der Waals surface area contributed by atoms with Crippen molar-refractivity contribution in [3.63, 3.8) is 0 Å². The van der Waals surface area contributed by atoms with Crippen LogP contribution in [0.25, 0.3) is 0 Å². The van der Waals surface area contributed by atoms with Gasteiger partial charge in [0, 0.05) is 12.5 Å². The molecule has 0 saturated carbocycles. The van der Waals surface area contributed by atoms with Gasteiger partial charge in [0.25, 0.3) is 0 Å². The lowest BCUT2D eigenvalue weighted by Gasteiger charge is -2.02. The molecule has 0 aromatic rings. The minimum absolute atomic E-state index is 0.174. The van der Waals surface area contributed by atoms with Crippen LogP contribution in [0.15, 0.2) is 46.6 Å². The lowest BCUT2D eigenvalue weighted by atomic mass is 10.0. The molecule has 0 N–H and O–H groups in total. The Morgan fingerprint density at radius 1 is 1.13 bits per heavy atom. The molecule has 3 nitrogen and oxygen atoms in total. The highest BCUT2D eigenvalue weighted by atomic mass is 16.5. The minimum Gasteiger partial charge on any atom is -0.458 e. The third-order valence-corrected chi connectivity index (χ3v) is 3.61. The third-order valence-electron chi connectivity index (χ3n) is 3.61. The Bertz CT molecular complexity index is 555. The first-order valence-electron chi connectivity index (χ1n) is 8.22. The Balaban J connectivity index is 2.27. The molecule has 23 heavy (non-hydrogen) atoms. The van der Waals surface area contributed by atoms with E-state index in [9.17, 15) is 9.59 Å². The fraction of sp³-hybridized carbons (Fsp3) is 0.500. The molecule has 0 spiro atoms. The Hall–Kier alpha value is -1.90. The van der Waals surface area contributed by atoms with Crippen LogP contribution in [-0.2, 0) is 14.3 Å². The third kappa shape index (κ3) is 8.97. The summed E-state index contributed by atoms with van der Waals surface area (Å²) in [6, 6.07) is 0. The number of cyclic esters (lactones) is 1. The summed E-state index contributed by atoms with van der Waals surface area (Å²) in [7, 11) is 0.